The van der Waals surface area contributed by atoms with E-state index in [0.29, 0.717) is 18.5 Å². The van der Waals surface area contributed by atoms with Crippen molar-refractivity contribution in [3.63, 3.8) is 0 Å². The van der Waals surface area contributed by atoms with Crippen LogP contribution in [0.5, 0.6) is 5.75 Å². The highest BCUT2D eigenvalue weighted by Crippen LogP contribution is 2.26. The van der Waals surface area contributed by atoms with E-state index in [2.05, 4.69) is 0 Å². The summed E-state index contributed by atoms with van der Waals surface area (Å²) in [6.45, 7) is 0.371. The standard InChI is InChI=1S/C15H15F2NO/c16-12-5-3-4-11(10-12)14(8-9-18)19-15-7-2-1-6-13(15)17/h1-7,10,14H,8-9,18H2. The van der Waals surface area contributed by atoms with Gasteiger partial charge in [0, 0.05) is 6.42 Å². The van der Waals surface area contributed by atoms with Gasteiger partial charge in [0.15, 0.2) is 11.6 Å². The molecule has 0 bridgehead atoms. The van der Waals surface area contributed by atoms with Gasteiger partial charge in [0.05, 0.1) is 0 Å². The molecule has 2 N–H and O–H groups in total. The van der Waals surface area contributed by atoms with Crippen LogP contribution in [0.3, 0.4) is 0 Å². The molecule has 2 rings (SSSR count). The number of halogens is 2. The molecular weight excluding hydrogens is 248 g/mol. The van der Waals surface area contributed by atoms with Gasteiger partial charge in [-0.25, -0.2) is 8.78 Å². The lowest BCUT2D eigenvalue weighted by Crippen LogP contribution is -2.14. The van der Waals surface area contributed by atoms with Crippen molar-refractivity contribution in [2.24, 2.45) is 5.73 Å². The lowest BCUT2D eigenvalue weighted by atomic mass is 10.1. The molecule has 0 heterocycles. The van der Waals surface area contributed by atoms with Gasteiger partial charge in [0.25, 0.3) is 0 Å². The highest BCUT2D eigenvalue weighted by molar-refractivity contribution is 5.26. The van der Waals surface area contributed by atoms with E-state index >= 15 is 0 Å². The fourth-order valence-electron chi connectivity index (χ4n) is 1.85. The van der Waals surface area contributed by atoms with Crippen molar-refractivity contribution in [1.29, 1.82) is 0 Å². The van der Waals surface area contributed by atoms with E-state index < -0.39 is 11.9 Å². The Hall–Kier alpha value is -1.94. The van der Waals surface area contributed by atoms with E-state index in [1.165, 1.54) is 24.3 Å². The van der Waals surface area contributed by atoms with Crippen LogP contribution in [0.25, 0.3) is 0 Å². The Balaban J connectivity index is 2.24. The van der Waals surface area contributed by atoms with Crippen LogP contribution < -0.4 is 10.5 Å². The second-order valence-electron chi connectivity index (χ2n) is 4.17. The Kier molecular flexibility index (Phi) is 4.47. The quantitative estimate of drug-likeness (QED) is 0.897. The van der Waals surface area contributed by atoms with Crippen LogP contribution in [0, 0.1) is 11.6 Å². The SMILES string of the molecule is NCCC(Oc1ccccc1F)c1cccc(F)c1. The molecule has 0 aliphatic heterocycles. The summed E-state index contributed by atoms with van der Waals surface area (Å²) in [7, 11) is 0. The summed E-state index contributed by atoms with van der Waals surface area (Å²) in [5.41, 5.74) is 6.18. The predicted molar refractivity (Wildman–Crippen MR) is 69.8 cm³/mol. The summed E-state index contributed by atoms with van der Waals surface area (Å²) in [5.74, 6) is -0.650. The molecule has 19 heavy (non-hydrogen) atoms. The third-order valence-electron chi connectivity index (χ3n) is 2.76. The zero-order valence-electron chi connectivity index (χ0n) is 10.4. The third-order valence-corrected chi connectivity index (χ3v) is 2.76. The van der Waals surface area contributed by atoms with Crippen molar-refractivity contribution in [2.75, 3.05) is 6.54 Å². The molecule has 0 aromatic heterocycles. The minimum atomic E-state index is -0.461. The average molecular weight is 263 g/mol. The van der Waals surface area contributed by atoms with E-state index in [9.17, 15) is 8.78 Å². The predicted octanol–water partition coefficient (Wildman–Crippen LogP) is 3.43. The first-order chi connectivity index (χ1) is 9.20. The largest absolute Gasteiger partial charge is 0.483 e. The molecule has 4 heteroatoms. The molecule has 0 radical (unpaired) electrons. The summed E-state index contributed by atoms with van der Waals surface area (Å²) in [5, 5.41) is 0. The second kappa shape index (κ2) is 6.29. The zero-order valence-corrected chi connectivity index (χ0v) is 10.4. The summed E-state index contributed by atoms with van der Waals surface area (Å²) < 4.78 is 32.4. The van der Waals surface area contributed by atoms with Crippen LogP contribution in [0.15, 0.2) is 48.5 Å². The number of rotatable bonds is 5. The van der Waals surface area contributed by atoms with E-state index in [4.69, 9.17) is 10.5 Å². The molecule has 0 saturated carbocycles. The lowest BCUT2D eigenvalue weighted by Gasteiger charge is -2.19. The smallest absolute Gasteiger partial charge is 0.165 e. The monoisotopic (exact) mass is 263 g/mol. The van der Waals surface area contributed by atoms with Crippen molar-refractivity contribution in [1.82, 2.24) is 0 Å². The molecule has 0 saturated heterocycles. The first-order valence-electron chi connectivity index (χ1n) is 6.07. The Morgan fingerprint density at radius 3 is 2.53 bits per heavy atom. The Morgan fingerprint density at radius 2 is 1.84 bits per heavy atom. The molecule has 1 atom stereocenters. The number of nitrogens with two attached hydrogens (primary N) is 1. The van der Waals surface area contributed by atoms with Crippen LogP contribution in [0.1, 0.15) is 18.1 Å². The molecule has 1 unspecified atom stereocenters. The Labute approximate surface area is 110 Å². The van der Waals surface area contributed by atoms with E-state index in [-0.39, 0.29) is 11.6 Å². The fourth-order valence-corrected chi connectivity index (χ4v) is 1.85. The maximum atomic E-state index is 13.6. The summed E-state index contributed by atoms with van der Waals surface area (Å²) in [4.78, 5) is 0. The van der Waals surface area contributed by atoms with E-state index in [1.54, 1.807) is 24.3 Å². The normalized spacial score (nSPS) is 12.2. The van der Waals surface area contributed by atoms with Gasteiger partial charge >= 0.3 is 0 Å². The van der Waals surface area contributed by atoms with Gasteiger partial charge < -0.3 is 10.5 Å². The van der Waals surface area contributed by atoms with Crippen LogP contribution in [0.2, 0.25) is 0 Å². The van der Waals surface area contributed by atoms with E-state index in [0.717, 1.165) is 0 Å². The minimum Gasteiger partial charge on any atom is -0.483 e. The first-order valence-corrected chi connectivity index (χ1v) is 6.07. The highest BCUT2D eigenvalue weighted by atomic mass is 19.1. The Morgan fingerprint density at radius 1 is 1.05 bits per heavy atom. The van der Waals surface area contributed by atoms with Crippen LogP contribution in [-0.4, -0.2) is 6.54 Å². The number of para-hydroxylation sites is 1. The molecular formula is C15H15F2NO. The molecule has 2 nitrogen and oxygen atoms in total. The Bertz CT molecular complexity index is 545. The first kappa shape index (κ1) is 13.5. The average Bonchev–Trinajstić information content (AvgIpc) is 2.40. The van der Waals surface area contributed by atoms with Crippen molar-refractivity contribution in [3.8, 4) is 5.75 Å². The van der Waals surface area contributed by atoms with Gasteiger partial charge in [0.1, 0.15) is 11.9 Å². The van der Waals surface area contributed by atoms with Crippen molar-refractivity contribution in [2.45, 2.75) is 12.5 Å². The van der Waals surface area contributed by atoms with Crippen LogP contribution in [0.4, 0.5) is 8.78 Å². The van der Waals surface area contributed by atoms with Gasteiger partial charge in [-0.05, 0) is 36.4 Å². The third kappa shape index (κ3) is 3.51. The number of benzene rings is 2. The molecule has 0 fully saturated rings. The number of hydrogen-bond acceptors (Lipinski definition) is 2. The molecule has 2 aromatic carbocycles. The lowest BCUT2D eigenvalue weighted by molar-refractivity contribution is 0.188. The number of ether oxygens (including phenoxy) is 1. The molecule has 100 valence electrons. The summed E-state index contributed by atoms with van der Waals surface area (Å²) >= 11 is 0. The molecule has 0 aliphatic carbocycles. The molecule has 0 aliphatic rings. The summed E-state index contributed by atoms with van der Waals surface area (Å²) in [6.07, 6.45) is 0.0234. The fraction of sp³-hybridized carbons (Fsp3) is 0.200. The topological polar surface area (TPSA) is 35.2 Å². The van der Waals surface area contributed by atoms with Gasteiger partial charge in [0.2, 0.25) is 0 Å². The van der Waals surface area contributed by atoms with Gasteiger partial charge in [-0.1, -0.05) is 24.3 Å². The number of hydrogen-bond donors (Lipinski definition) is 1. The van der Waals surface area contributed by atoms with Gasteiger partial charge in [-0.15, -0.1) is 0 Å². The van der Waals surface area contributed by atoms with E-state index in [1.807, 2.05) is 0 Å². The minimum absolute atomic E-state index is 0.144. The zero-order chi connectivity index (χ0) is 13.7. The summed E-state index contributed by atoms with van der Waals surface area (Å²) in [6, 6.07) is 12.2. The maximum Gasteiger partial charge on any atom is 0.165 e. The van der Waals surface area contributed by atoms with Crippen LogP contribution in [-0.2, 0) is 0 Å². The van der Waals surface area contributed by atoms with Gasteiger partial charge in [-0.3, -0.25) is 0 Å². The molecule has 0 spiro atoms. The highest BCUT2D eigenvalue weighted by Gasteiger charge is 2.15. The van der Waals surface area contributed by atoms with Crippen LogP contribution >= 0.6 is 0 Å². The molecule has 2 aromatic rings. The van der Waals surface area contributed by atoms with Crippen molar-refractivity contribution in [3.05, 3.63) is 65.7 Å². The maximum absolute atomic E-state index is 13.6. The second-order valence-corrected chi connectivity index (χ2v) is 4.17. The van der Waals surface area contributed by atoms with Crippen molar-refractivity contribution < 1.29 is 13.5 Å². The van der Waals surface area contributed by atoms with Crippen molar-refractivity contribution >= 4 is 0 Å². The van der Waals surface area contributed by atoms with Gasteiger partial charge in [-0.2, -0.15) is 0 Å². The molecule has 0 amide bonds.